The number of carboxylic acids is 1. The van der Waals surface area contributed by atoms with Gasteiger partial charge < -0.3 is 5.11 Å². The van der Waals surface area contributed by atoms with Gasteiger partial charge in [-0.05, 0) is 0 Å². The summed E-state index contributed by atoms with van der Waals surface area (Å²) in [7, 11) is 0. The standard InChI is InChI=1S/C2H4O2S.Sr/c3-2(4)1-5;/h5H,1H2,(H,3,4);. The first kappa shape index (κ1) is 10.3. The second kappa shape index (κ2) is 6.30. The molecule has 0 fully saturated rings. The fraction of sp³-hybridized carbons (Fsp3) is 0.500. The van der Waals surface area contributed by atoms with Crippen LogP contribution in [0.4, 0.5) is 0 Å². The van der Waals surface area contributed by atoms with Gasteiger partial charge >= 0.3 is 5.97 Å². The van der Waals surface area contributed by atoms with Gasteiger partial charge in [0.15, 0.2) is 0 Å². The fourth-order valence-corrected chi connectivity index (χ4v) is 0. The van der Waals surface area contributed by atoms with Crippen LogP contribution >= 0.6 is 12.6 Å². The Hall–Kier alpha value is 1.30. The predicted octanol–water partition coefficient (Wildman–Crippen LogP) is -0.380. The molecule has 0 heterocycles. The van der Waals surface area contributed by atoms with Gasteiger partial charge in [0.25, 0.3) is 0 Å². The van der Waals surface area contributed by atoms with Gasteiger partial charge in [0.05, 0.1) is 5.75 Å². The van der Waals surface area contributed by atoms with Crippen LogP contribution in [0.15, 0.2) is 0 Å². The molecule has 2 radical (unpaired) electrons. The molecule has 0 atom stereocenters. The number of rotatable bonds is 1. The molecular weight excluding hydrogens is 176 g/mol. The molecule has 0 aliphatic carbocycles. The van der Waals surface area contributed by atoms with E-state index in [0.717, 1.165) is 0 Å². The monoisotopic (exact) mass is 180 g/mol. The van der Waals surface area contributed by atoms with Crippen molar-refractivity contribution in [1.29, 1.82) is 0 Å². The molecule has 0 amide bonds. The van der Waals surface area contributed by atoms with Crippen LogP contribution in [0.1, 0.15) is 0 Å². The minimum absolute atomic E-state index is 0. The van der Waals surface area contributed by atoms with Crippen LogP contribution < -0.4 is 0 Å². The minimum atomic E-state index is -0.881. The molecule has 0 aliphatic heterocycles. The molecule has 4 heteroatoms. The second-order valence-electron chi connectivity index (χ2n) is 0.552. The van der Waals surface area contributed by atoms with Gasteiger partial charge in [0, 0.05) is 45.5 Å². The first-order chi connectivity index (χ1) is 2.27. The SMILES string of the molecule is O=C(O)CS.[Sr]. The van der Waals surface area contributed by atoms with Crippen LogP contribution in [-0.4, -0.2) is 62.3 Å². The Morgan fingerprint density at radius 2 is 2.00 bits per heavy atom. The first-order valence-corrected chi connectivity index (χ1v) is 1.73. The van der Waals surface area contributed by atoms with Gasteiger partial charge in [-0.1, -0.05) is 0 Å². The van der Waals surface area contributed by atoms with Crippen molar-refractivity contribution in [3.05, 3.63) is 0 Å². The van der Waals surface area contributed by atoms with Gasteiger partial charge in [-0.25, -0.2) is 0 Å². The van der Waals surface area contributed by atoms with Crippen molar-refractivity contribution in [2.45, 2.75) is 0 Å². The molecule has 0 saturated carbocycles. The Labute approximate surface area is 78.6 Å². The smallest absolute Gasteiger partial charge is 0.313 e. The zero-order valence-electron chi connectivity index (χ0n) is 3.22. The molecule has 1 N–H and O–H groups in total. The quantitative estimate of drug-likeness (QED) is 0.426. The van der Waals surface area contributed by atoms with Crippen molar-refractivity contribution < 1.29 is 9.90 Å². The van der Waals surface area contributed by atoms with Crippen LogP contribution in [0.3, 0.4) is 0 Å². The van der Waals surface area contributed by atoms with Crippen LogP contribution in [0, 0.1) is 0 Å². The molecule has 0 aromatic rings. The second-order valence-corrected chi connectivity index (χ2v) is 0.868. The van der Waals surface area contributed by atoms with Crippen LogP contribution in [0.25, 0.3) is 0 Å². The third-order valence-corrected chi connectivity index (χ3v) is 0.406. The number of hydrogen-bond donors (Lipinski definition) is 2. The van der Waals surface area contributed by atoms with E-state index in [1.165, 1.54) is 0 Å². The van der Waals surface area contributed by atoms with Crippen LogP contribution in [0.2, 0.25) is 0 Å². The van der Waals surface area contributed by atoms with Gasteiger partial charge in [0.2, 0.25) is 0 Å². The first-order valence-electron chi connectivity index (χ1n) is 1.10. The van der Waals surface area contributed by atoms with E-state index in [2.05, 4.69) is 12.6 Å². The van der Waals surface area contributed by atoms with Crippen LogP contribution in [-0.2, 0) is 4.79 Å². The van der Waals surface area contributed by atoms with E-state index >= 15 is 0 Å². The molecule has 6 heavy (non-hydrogen) atoms. The van der Waals surface area contributed by atoms with Crippen molar-refractivity contribution in [1.82, 2.24) is 0 Å². The minimum Gasteiger partial charge on any atom is -0.481 e. The van der Waals surface area contributed by atoms with E-state index in [9.17, 15) is 4.79 Å². The summed E-state index contributed by atoms with van der Waals surface area (Å²) < 4.78 is 0. The summed E-state index contributed by atoms with van der Waals surface area (Å²) in [5.74, 6) is -0.965. The third-order valence-electron chi connectivity index (χ3n) is 0.135. The summed E-state index contributed by atoms with van der Waals surface area (Å²) in [6.45, 7) is 0. The summed E-state index contributed by atoms with van der Waals surface area (Å²) in [6.07, 6.45) is 0. The average Bonchev–Trinajstić information content (AvgIpc) is 1.38. The van der Waals surface area contributed by atoms with Crippen molar-refractivity contribution in [2.75, 3.05) is 5.75 Å². The van der Waals surface area contributed by atoms with E-state index in [0.29, 0.717) is 0 Å². The average molecular weight is 180 g/mol. The summed E-state index contributed by atoms with van der Waals surface area (Å²) in [4.78, 5) is 9.29. The van der Waals surface area contributed by atoms with Gasteiger partial charge in [-0.3, -0.25) is 4.79 Å². The number of thiol groups is 1. The third kappa shape index (κ3) is 9.00. The van der Waals surface area contributed by atoms with Crippen molar-refractivity contribution in [3.63, 3.8) is 0 Å². The summed E-state index contributed by atoms with van der Waals surface area (Å²) in [5, 5.41) is 7.65. The molecule has 0 spiro atoms. The van der Waals surface area contributed by atoms with E-state index in [1.54, 1.807) is 0 Å². The Kier molecular flexibility index (Phi) is 10.8. The molecule has 0 aromatic heterocycles. The normalized spacial score (nSPS) is 6.17. The molecule has 0 unspecified atom stereocenters. The summed E-state index contributed by atoms with van der Waals surface area (Å²) in [6, 6.07) is 0. The Balaban J connectivity index is 0. The number of aliphatic carboxylic acids is 1. The topological polar surface area (TPSA) is 37.3 Å². The molecule has 0 saturated heterocycles. The van der Waals surface area contributed by atoms with Crippen molar-refractivity contribution in [3.8, 4) is 0 Å². The Bertz CT molecular complexity index is 46.8. The van der Waals surface area contributed by atoms with Gasteiger partial charge in [-0.2, -0.15) is 12.6 Å². The number of carboxylic acid groups (broad SMARTS) is 1. The molecule has 0 rings (SSSR count). The summed E-state index contributed by atoms with van der Waals surface area (Å²) >= 11 is 3.42. The number of hydrogen-bond acceptors (Lipinski definition) is 2. The molecule has 0 bridgehead atoms. The Morgan fingerprint density at radius 3 is 2.00 bits per heavy atom. The molecule has 2 nitrogen and oxygen atoms in total. The van der Waals surface area contributed by atoms with E-state index in [-0.39, 0.29) is 51.2 Å². The Morgan fingerprint density at radius 1 is 1.83 bits per heavy atom. The van der Waals surface area contributed by atoms with Gasteiger partial charge in [-0.15, -0.1) is 0 Å². The molecule has 32 valence electrons. The van der Waals surface area contributed by atoms with Crippen molar-refractivity contribution >= 4 is 64.1 Å². The van der Waals surface area contributed by atoms with E-state index in [4.69, 9.17) is 5.11 Å². The van der Waals surface area contributed by atoms with Gasteiger partial charge in [0.1, 0.15) is 0 Å². The molecule has 0 aliphatic rings. The molecular formula is C2H4O2SSr. The predicted molar refractivity (Wildman–Crippen MR) is 27.2 cm³/mol. The maximum Gasteiger partial charge on any atom is 0.313 e. The van der Waals surface area contributed by atoms with E-state index in [1.807, 2.05) is 0 Å². The largest absolute Gasteiger partial charge is 0.481 e. The fourth-order valence-electron chi connectivity index (χ4n) is 0. The summed E-state index contributed by atoms with van der Waals surface area (Å²) in [5.41, 5.74) is 0. The maximum atomic E-state index is 9.29. The maximum absolute atomic E-state index is 9.29. The van der Waals surface area contributed by atoms with E-state index < -0.39 is 5.97 Å². The van der Waals surface area contributed by atoms with Crippen LogP contribution in [0.5, 0.6) is 0 Å². The zero-order valence-corrected chi connectivity index (χ0v) is 7.59. The molecule has 0 aromatic carbocycles. The van der Waals surface area contributed by atoms with Crippen molar-refractivity contribution in [2.24, 2.45) is 0 Å². The zero-order chi connectivity index (χ0) is 4.28. The number of carbonyl (C=O) groups is 1.